The molecule has 0 radical (unpaired) electrons. The molecule has 0 aromatic rings. The first-order valence-electron chi connectivity index (χ1n) is 8.40. The quantitative estimate of drug-likeness (QED) is 0.864. The Labute approximate surface area is 127 Å². The molecule has 2 rings (SSSR count). The summed E-state index contributed by atoms with van der Waals surface area (Å²) < 4.78 is 0. The lowest BCUT2D eigenvalue weighted by Gasteiger charge is -2.43. The molecule has 4 heteroatoms. The number of aliphatic carboxylic acids is 1. The van der Waals surface area contributed by atoms with Crippen molar-refractivity contribution in [2.24, 2.45) is 11.3 Å². The van der Waals surface area contributed by atoms with Gasteiger partial charge in [0.05, 0.1) is 0 Å². The number of carboxylic acid groups (broad SMARTS) is 1. The van der Waals surface area contributed by atoms with E-state index in [1.54, 1.807) is 4.90 Å². The Hall–Kier alpha value is -1.06. The van der Waals surface area contributed by atoms with E-state index < -0.39 is 11.5 Å². The highest BCUT2D eigenvalue weighted by Gasteiger charge is 2.52. The van der Waals surface area contributed by atoms with E-state index in [0.29, 0.717) is 19.4 Å². The zero-order valence-corrected chi connectivity index (χ0v) is 13.7. The maximum absolute atomic E-state index is 13.1. The number of likely N-dealkylation sites (tertiary alicyclic amines) is 1. The monoisotopic (exact) mass is 295 g/mol. The molecule has 1 heterocycles. The van der Waals surface area contributed by atoms with E-state index in [-0.39, 0.29) is 17.2 Å². The molecule has 2 fully saturated rings. The van der Waals surface area contributed by atoms with Gasteiger partial charge >= 0.3 is 5.97 Å². The second kappa shape index (κ2) is 5.98. The van der Waals surface area contributed by atoms with Crippen LogP contribution in [0.3, 0.4) is 0 Å². The molecule has 120 valence electrons. The molecule has 2 unspecified atom stereocenters. The maximum Gasteiger partial charge on any atom is 0.329 e. The number of carbonyl (C=O) groups excluding carboxylic acids is 1. The number of hydrogen-bond acceptors (Lipinski definition) is 2. The molecule has 0 spiro atoms. The minimum absolute atomic E-state index is 0.00557. The van der Waals surface area contributed by atoms with Crippen LogP contribution in [-0.4, -0.2) is 34.0 Å². The smallest absolute Gasteiger partial charge is 0.329 e. The zero-order valence-electron chi connectivity index (χ0n) is 13.7. The van der Waals surface area contributed by atoms with E-state index in [2.05, 4.69) is 13.8 Å². The van der Waals surface area contributed by atoms with E-state index >= 15 is 0 Å². The van der Waals surface area contributed by atoms with Crippen LogP contribution in [0.4, 0.5) is 0 Å². The molecule has 0 bridgehead atoms. The van der Waals surface area contributed by atoms with Crippen molar-refractivity contribution in [1.82, 2.24) is 4.90 Å². The number of hydrogen-bond donors (Lipinski definition) is 1. The minimum atomic E-state index is -0.945. The summed E-state index contributed by atoms with van der Waals surface area (Å²) in [4.78, 5) is 26.7. The summed E-state index contributed by atoms with van der Waals surface area (Å²) in [6, 6.07) is 0. The van der Waals surface area contributed by atoms with Crippen molar-refractivity contribution in [2.75, 3.05) is 6.54 Å². The van der Waals surface area contributed by atoms with Gasteiger partial charge in [-0.1, -0.05) is 40.0 Å². The van der Waals surface area contributed by atoms with Crippen LogP contribution >= 0.6 is 0 Å². The lowest BCUT2D eigenvalue weighted by Crippen LogP contribution is -2.56. The Balaban J connectivity index is 2.26. The Bertz CT molecular complexity index is 418. The summed E-state index contributed by atoms with van der Waals surface area (Å²) in [6.07, 6.45) is 7.01. The number of carboxylic acids is 1. The first-order valence-corrected chi connectivity index (χ1v) is 8.40. The molecule has 1 N–H and O–H groups in total. The standard InChI is InChI=1S/C17H29NO3/c1-4-9-17(15(20)21)11-7-12-18(17)14(19)13-8-5-6-10-16(13,2)3/h13H,4-12H2,1-3H3,(H,20,21). The summed E-state index contributed by atoms with van der Waals surface area (Å²) in [6.45, 7) is 6.92. The molecule has 2 aliphatic rings. The topological polar surface area (TPSA) is 57.6 Å². The Morgan fingerprint density at radius 2 is 1.90 bits per heavy atom. The van der Waals surface area contributed by atoms with Gasteiger partial charge in [-0.15, -0.1) is 0 Å². The molecule has 0 aromatic heterocycles. The second-order valence-electron chi connectivity index (χ2n) is 7.47. The van der Waals surface area contributed by atoms with Gasteiger partial charge in [-0.2, -0.15) is 0 Å². The van der Waals surface area contributed by atoms with Crippen molar-refractivity contribution in [3.8, 4) is 0 Å². The van der Waals surface area contributed by atoms with Crippen molar-refractivity contribution >= 4 is 11.9 Å². The predicted molar refractivity (Wildman–Crippen MR) is 82.0 cm³/mol. The van der Waals surface area contributed by atoms with E-state index in [9.17, 15) is 14.7 Å². The van der Waals surface area contributed by atoms with Gasteiger partial charge in [0.25, 0.3) is 0 Å². The average Bonchev–Trinajstić information content (AvgIpc) is 2.83. The van der Waals surface area contributed by atoms with Gasteiger partial charge in [-0.05, 0) is 37.5 Å². The number of nitrogens with zero attached hydrogens (tertiary/aromatic N) is 1. The molecule has 1 aliphatic heterocycles. The minimum Gasteiger partial charge on any atom is -0.479 e. The van der Waals surface area contributed by atoms with Crippen molar-refractivity contribution < 1.29 is 14.7 Å². The summed E-state index contributed by atoms with van der Waals surface area (Å²) in [7, 11) is 0. The fraction of sp³-hybridized carbons (Fsp3) is 0.882. The lowest BCUT2D eigenvalue weighted by atomic mass is 9.68. The highest BCUT2D eigenvalue weighted by molar-refractivity contribution is 5.89. The second-order valence-corrected chi connectivity index (χ2v) is 7.47. The normalized spacial score (nSPS) is 32.1. The molecule has 21 heavy (non-hydrogen) atoms. The van der Waals surface area contributed by atoms with Gasteiger partial charge < -0.3 is 10.0 Å². The van der Waals surface area contributed by atoms with E-state index in [1.807, 2.05) is 6.92 Å². The SMILES string of the molecule is CCCC1(C(=O)O)CCCN1C(=O)C1CCCCC1(C)C. The van der Waals surface area contributed by atoms with Crippen LogP contribution in [0.1, 0.15) is 72.1 Å². The van der Waals surface area contributed by atoms with Crippen molar-refractivity contribution in [3.05, 3.63) is 0 Å². The van der Waals surface area contributed by atoms with Gasteiger partial charge in [0.1, 0.15) is 5.54 Å². The average molecular weight is 295 g/mol. The Morgan fingerprint density at radius 1 is 1.19 bits per heavy atom. The predicted octanol–water partition coefficient (Wildman–Crippen LogP) is 3.45. The Kier molecular flexibility index (Phi) is 4.64. The van der Waals surface area contributed by atoms with E-state index in [4.69, 9.17) is 0 Å². The molecule has 2 atom stereocenters. The first kappa shape index (κ1) is 16.3. The molecule has 1 aliphatic carbocycles. The summed E-state index contributed by atoms with van der Waals surface area (Å²) in [5, 5.41) is 9.75. The van der Waals surface area contributed by atoms with Crippen molar-refractivity contribution in [3.63, 3.8) is 0 Å². The van der Waals surface area contributed by atoms with Crippen molar-refractivity contribution in [2.45, 2.75) is 77.7 Å². The number of rotatable bonds is 4. The van der Waals surface area contributed by atoms with Crippen LogP contribution in [0.25, 0.3) is 0 Å². The molecular formula is C17H29NO3. The number of carbonyl (C=O) groups is 2. The molecule has 1 saturated heterocycles. The van der Waals surface area contributed by atoms with Crippen LogP contribution in [0.2, 0.25) is 0 Å². The van der Waals surface area contributed by atoms with Crippen LogP contribution < -0.4 is 0 Å². The molecule has 1 amide bonds. The first-order chi connectivity index (χ1) is 9.85. The van der Waals surface area contributed by atoms with Gasteiger partial charge in [0.2, 0.25) is 5.91 Å². The third-order valence-corrected chi connectivity index (χ3v) is 5.62. The van der Waals surface area contributed by atoms with Gasteiger partial charge in [-0.3, -0.25) is 4.79 Å². The fourth-order valence-corrected chi connectivity index (χ4v) is 4.34. The van der Waals surface area contributed by atoms with Gasteiger partial charge in [-0.25, -0.2) is 4.79 Å². The lowest BCUT2D eigenvalue weighted by molar-refractivity contribution is -0.161. The zero-order chi connectivity index (χ0) is 15.7. The highest BCUT2D eigenvalue weighted by atomic mass is 16.4. The summed E-state index contributed by atoms with van der Waals surface area (Å²) >= 11 is 0. The summed E-state index contributed by atoms with van der Waals surface area (Å²) in [5.41, 5.74) is -0.951. The fourth-order valence-electron chi connectivity index (χ4n) is 4.34. The van der Waals surface area contributed by atoms with E-state index in [0.717, 1.165) is 32.1 Å². The maximum atomic E-state index is 13.1. The highest BCUT2D eigenvalue weighted by Crippen LogP contribution is 2.44. The van der Waals surface area contributed by atoms with Crippen LogP contribution in [-0.2, 0) is 9.59 Å². The van der Waals surface area contributed by atoms with Gasteiger partial charge in [0.15, 0.2) is 0 Å². The van der Waals surface area contributed by atoms with Crippen LogP contribution in [0, 0.1) is 11.3 Å². The molecule has 0 aromatic carbocycles. The Morgan fingerprint density at radius 3 is 2.48 bits per heavy atom. The molecular weight excluding hydrogens is 266 g/mol. The van der Waals surface area contributed by atoms with Crippen LogP contribution in [0.5, 0.6) is 0 Å². The largest absolute Gasteiger partial charge is 0.479 e. The molecule has 4 nitrogen and oxygen atoms in total. The molecule has 1 saturated carbocycles. The van der Waals surface area contributed by atoms with Gasteiger partial charge in [0, 0.05) is 12.5 Å². The van der Waals surface area contributed by atoms with E-state index in [1.165, 1.54) is 6.42 Å². The van der Waals surface area contributed by atoms with Crippen LogP contribution in [0.15, 0.2) is 0 Å². The third kappa shape index (κ3) is 2.82. The third-order valence-electron chi connectivity index (χ3n) is 5.62. The summed E-state index contributed by atoms with van der Waals surface area (Å²) in [5.74, 6) is -0.739. The number of amides is 1. The van der Waals surface area contributed by atoms with Crippen molar-refractivity contribution in [1.29, 1.82) is 0 Å².